The number of hydrogen-bond acceptors (Lipinski definition) is 4. The Morgan fingerprint density at radius 1 is 1.09 bits per heavy atom. The lowest BCUT2D eigenvalue weighted by Crippen LogP contribution is -2.45. The lowest BCUT2D eigenvalue weighted by atomic mass is 10.0. The molecule has 0 radical (unpaired) electrons. The Bertz CT molecular complexity index is 1110. The highest BCUT2D eigenvalue weighted by molar-refractivity contribution is 6.31. The van der Waals surface area contributed by atoms with Crippen molar-refractivity contribution >= 4 is 34.3 Å². The van der Waals surface area contributed by atoms with Crippen molar-refractivity contribution in [1.82, 2.24) is 14.9 Å². The second-order valence-corrected chi connectivity index (χ2v) is 9.75. The van der Waals surface area contributed by atoms with Crippen molar-refractivity contribution in [1.29, 1.82) is 0 Å². The highest BCUT2D eigenvalue weighted by Gasteiger charge is 2.22. The molecule has 3 heterocycles. The minimum atomic E-state index is -0.129. The van der Waals surface area contributed by atoms with E-state index < -0.39 is 0 Å². The van der Waals surface area contributed by atoms with E-state index in [0.717, 1.165) is 66.0 Å². The van der Waals surface area contributed by atoms with Crippen molar-refractivity contribution in [3.8, 4) is 0 Å². The molecule has 5 nitrogen and oxygen atoms in total. The molecule has 0 aliphatic carbocycles. The fraction of sp³-hybridized carbons (Fsp3) is 0.480. The smallest absolute Gasteiger partial charge is 0.204 e. The van der Waals surface area contributed by atoms with Gasteiger partial charge in [0, 0.05) is 43.7 Å². The average molecular weight is 456 g/mol. The molecule has 0 amide bonds. The number of aromatic nitrogens is 2. The number of aryl methyl sites for hydroxylation is 2. The number of fused-ring (bicyclic) bond motifs is 1. The number of piperidine rings is 1. The standard InChI is InChI=1S/C25H31ClFN5/c1-16-8-18(9-17(2)23(16)27)15-32-22-11-20(26)10-21(31-6-4-3-5-7-31)24(22)30-25(32)29-14-19-12-28-13-19/h8-11,19,28H,3-7,12-15H2,1-2H3,(H,29,30). The van der Waals surface area contributed by atoms with Crippen molar-refractivity contribution < 1.29 is 4.39 Å². The third-order valence-electron chi connectivity index (χ3n) is 6.75. The summed E-state index contributed by atoms with van der Waals surface area (Å²) in [6, 6.07) is 7.93. The first-order valence-corrected chi connectivity index (χ1v) is 12.0. The third kappa shape index (κ3) is 4.18. The van der Waals surface area contributed by atoms with Crippen molar-refractivity contribution in [2.45, 2.75) is 39.7 Å². The predicted octanol–water partition coefficient (Wildman–Crippen LogP) is 5.12. The van der Waals surface area contributed by atoms with Crippen LogP contribution >= 0.6 is 11.6 Å². The van der Waals surface area contributed by atoms with Gasteiger partial charge in [-0.1, -0.05) is 23.7 Å². The molecule has 7 heteroatoms. The number of halogens is 2. The fourth-order valence-electron chi connectivity index (χ4n) is 4.88. The van der Waals surface area contributed by atoms with Gasteiger partial charge >= 0.3 is 0 Å². The van der Waals surface area contributed by atoms with E-state index in [1.807, 2.05) is 32.0 Å². The summed E-state index contributed by atoms with van der Waals surface area (Å²) in [6.07, 6.45) is 3.67. The van der Waals surface area contributed by atoms with E-state index in [-0.39, 0.29) is 5.82 Å². The van der Waals surface area contributed by atoms with Crippen molar-refractivity contribution in [2.24, 2.45) is 5.92 Å². The normalized spacial score (nSPS) is 17.1. The van der Waals surface area contributed by atoms with E-state index in [1.54, 1.807) is 0 Å². The van der Waals surface area contributed by atoms with E-state index in [0.29, 0.717) is 23.6 Å². The summed E-state index contributed by atoms with van der Waals surface area (Å²) < 4.78 is 16.4. The minimum Gasteiger partial charge on any atom is -0.370 e. The van der Waals surface area contributed by atoms with Crippen LogP contribution in [-0.4, -0.2) is 42.3 Å². The second-order valence-electron chi connectivity index (χ2n) is 9.31. The van der Waals surface area contributed by atoms with Gasteiger partial charge < -0.3 is 20.1 Å². The second kappa shape index (κ2) is 8.91. The van der Waals surface area contributed by atoms with Crippen LogP contribution < -0.4 is 15.5 Å². The maximum absolute atomic E-state index is 14.2. The first-order chi connectivity index (χ1) is 15.5. The first kappa shape index (κ1) is 21.5. The SMILES string of the molecule is Cc1cc(Cn2c(NCC3CNC3)nc3c(N4CCCCC4)cc(Cl)cc32)cc(C)c1F. The molecule has 32 heavy (non-hydrogen) atoms. The molecule has 5 rings (SSSR count). The number of nitrogens with one attached hydrogen (secondary N) is 2. The van der Waals surface area contributed by atoms with Gasteiger partial charge in [0.05, 0.1) is 17.7 Å². The van der Waals surface area contributed by atoms with Crippen LogP contribution in [0.4, 0.5) is 16.0 Å². The number of anilines is 2. The summed E-state index contributed by atoms with van der Waals surface area (Å²) >= 11 is 6.61. The maximum atomic E-state index is 14.2. The molecule has 2 aromatic carbocycles. The highest BCUT2D eigenvalue weighted by Crippen LogP contribution is 2.35. The van der Waals surface area contributed by atoms with Gasteiger partial charge in [-0.2, -0.15) is 0 Å². The number of hydrogen-bond donors (Lipinski definition) is 2. The van der Waals surface area contributed by atoms with Gasteiger partial charge in [0.2, 0.25) is 5.95 Å². The Balaban J connectivity index is 1.58. The van der Waals surface area contributed by atoms with Gasteiger partial charge in [0.1, 0.15) is 11.3 Å². The van der Waals surface area contributed by atoms with Gasteiger partial charge in [-0.3, -0.25) is 0 Å². The van der Waals surface area contributed by atoms with E-state index in [4.69, 9.17) is 16.6 Å². The molecule has 3 aromatic rings. The molecule has 0 saturated carbocycles. The quantitative estimate of drug-likeness (QED) is 0.541. The largest absolute Gasteiger partial charge is 0.370 e. The van der Waals surface area contributed by atoms with Crippen LogP contribution in [0, 0.1) is 25.6 Å². The van der Waals surface area contributed by atoms with Gasteiger partial charge in [-0.05, 0) is 61.9 Å². The zero-order valence-electron chi connectivity index (χ0n) is 18.8. The zero-order chi connectivity index (χ0) is 22.2. The van der Waals surface area contributed by atoms with Crippen LogP contribution in [0.2, 0.25) is 5.02 Å². The molecule has 2 aliphatic rings. The molecule has 170 valence electrons. The monoisotopic (exact) mass is 455 g/mol. The summed E-state index contributed by atoms with van der Waals surface area (Å²) in [4.78, 5) is 7.49. The van der Waals surface area contributed by atoms with Crippen LogP contribution in [0.25, 0.3) is 11.0 Å². The summed E-state index contributed by atoms with van der Waals surface area (Å²) in [7, 11) is 0. The molecule has 0 atom stereocenters. The molecule has 2 aliphatic heterocycles. The Labute approximate surface area is 194 Å². The molecular formula is C25H31ClFN5. The molecule has 2 N–H and O–H groups in total. The van der Waals surface area contributed by atoms with Crippen molar-refractivity contribution in [3.63, 3.8) is 0 Å². The Kier molecular flexibility index (Phi) is 5.99. The predicted molar refractivity (Wildman–Crippen MR) is 131 cm³/mol. The molecule has 0 spiro atoms. The molecule has 0 bridgehead atoms. The summed E-state index contributed by atoms with van der Waals surface area (Å²) in [6.45, 7) is 9.29. The summed E-state index contributed by atoms with van der Waals surface area (Å²) in [5.74, 6) is 1.34. The Morgan fingerprint density at radius 2 is 1.81 bits per heavy atom. The maximum Gasteiger partial charge on any atom is 0.204 e. The van der Waals surface area contributed by atoms with Crippen LogP contribution in [0.3, 0.4) is 0 Å². The first-order valence-electron chi connectivity index (χ1n) is 11.6. The molecule has 2 fully saturated rings. The van der Waals surface area contributed by atoms with Crippen molar-refractivity contribution in [2.75, 3.05) is 42.9 Å². The zero-order valence-corrected chi connectivity index (χ0v) is 19.6. The van der Waals surface area contributed by atoms with Crippen molar-refractivity contribution in [3.05, 3.63) is 51.8 Å². The molecule has 2 saturated heterocycles. The van der Waals surface area contributed by atoms with Crippen LogP contribution in [0.1, 0.15) is 36.0 Å². The van der Waals surface area contributed by atoms with E-state index in [1.165, 1.54) is 19.3 Å². The van der Waals surface area contributed by atoms with E-state index >= 15 is 0 Å². The summed E-state index contributed by atoms with van der Waals surface area (Å²) in [5.41, 5.74) is 5.53. The summed E-state index contributed by atoms with van der Waals surface area (Å²) in [5, 5.41) is 7.64. The molecule has 0 unspecified atom stereocenters. The minimum absolute atomic E-state index is 0.129. The lowest BCUT2D eigenvalue weighted by molar-refractivity contribution is 0.364. The number of imidazole rings is 1. The van der Waals surface area contributed by atoms with E-state index in [9.17, 15) is 4.39 Å². The number of nitrogens with zero attached hydrogens (tertiary/aromatic N) is 3. The number of benzene rings is 2. The van der Waals surface area contributed by atoms with Gasteiger partial charge in [-0.15, -0.1) is 0 Å². The average Bonchev–Trinajstić information content (AvgIpc) is 3.08. The highest BCUT2D eigenvalue weighted by atomic mass is 35.5. The number of rotatable bonds is 6. The molecular weight excluding hydrogens is 425 g/mol. The molecule has 1 aromatic heterocycles. The van der Waals surface area contributed by atoms with Crippen LogP contribution in [0.5, 0.6) is 0 Å². The van der Waals surface area contributed by atoms with Crippen LogP contribution in [-0.2, 0) is 6.54 Å². The van der Waals surface area contributed by atoms with E-state index in [2.05, 4.69) is 26.2 Å². The van der Waals surface area contributed by atoms with Crippen LogP contribution in [0.15, 0.2) is 24.3 Å². The van der Waals surface area contributed by atoms with Gasteiger partial charge in [0.15, 0.2) is 0 Å². The Hall–Kier alpha value is -2.31. The lowest BCUT2D eigenvalue weighted by Gasteiger charge is -2.29. The Morgan fingerprint density at radius 3 is 2.47 bits per heavy atom. The topological polar surface area (TPSA) is 45.1 Å². The van der Waals surface area contributed by atoms with Gasteiger partial charge in [0.25, 0.3) is 0 Å². The fourth-order valence-corrected chi connectivity index (χ4v) is 5.09. The third-order valence-corrected chi connectivity index (χ3v) is 6.97. The van der Waals surface area contributed by atoms with Gasteiger partial charge in [-0.25, -0.2) is 9.37 Å².